The number of pyridine rings is 2. The Morgan fingerprint density at radius 1 is 0.931 bits per heavy atom. The molecule has 0 aliphatic carbocycles. The fourth-order valence-electron chi connectivity index (χ4n) is 3.96. The summed E-state index contributed by atoms with van der Waals surface area (Å²) in [5, 5.41) is 4.16. The summed E-state index contributed by atoms with van der Waals surface area (Å²) in [5.41, 5.74) is 7.48. The monoisotopic (exact) mass is 381 g/mol. The molecule has 0 spiro atoms. The van der Waals surface area contributed by atoms with E-state index in [1.807, 2.05) is 56.6 Å². The zero-order valence-electron chi connectivity index (χ0n) is 16.1. The number of hydrogen-bond donors (Lipinski definition) is 1. The number of aromatic amines is 1. The molecule has 0 amide bonds. The zero-order chi connectivity index (χ0) is 19.8. The fraction of sp³-hybridized carbons (Fsp3) is 0.130. The summed E-state index contributed by atoms with van der Waals surface area (Å²) in [6, 6.07) is 16.4. The first-order chi connectivity index (χ1) is 14.2. The first kappa shape index (κ1) is 17.3. The van der Waals surface area contributed by atoms with E-state index in [0.717, 1.165) is 44.9 Å². The largest absolute Gasteiger partial charge is 0.361 e. The van der Waals surface area contributed by atoms with Gasteiger partial charge in [0.2, 0.25) is 0 Å². The second-order valence-electron chi connectivity index (χ2n) is 6.98. The Bertz CT molecular complexity index is 1220. The molecule has 0 bridgehead atoms. The molecule has 0 saturated carbocycles. The van der Waals surface area contributed by atoms with Crippen LogP contribution in [0.25, 0.3) is 22.3 Å². The van der Waals surface area contributed by atoms with Crippen molar-refractivity contribution in [1.82, 2.24) is 25.1 Å². The average Bonchev–Trinajstić information content (AvgIpc) is 3.36. The summed E-state index contributed by atoms with van der Waals surface area (Å²) >= 11 is 0. The Morgan fingerprint density at radius 3 is 2.48 bits per heavy atom. The number of fused-ring (bicyclic) bond motifs is 1. The molecule has 0 aliphatic rings. The third-order valence-electron chi connectivity index (χ3n) is 5.20. The maximum atomic E-state index is 5.47. The van der Waals surface area contributed by atoms with Gasteiger partial charge in [-0.1, -0.05) is 41.6 Å². The lowest BCUT2D eigenvalue weighted by molar-refractivity contribution is 0.393. The minimum absolute atomic E-state index is 0.105. The molecule has 0 saturated heterocycles. The van der Waals surface area contributed by atoms with E-state index in [2.05, 4.69) is 38.3 Å². The summed E-state index contributed by atoms with van der Waals surface area (Å²) in [7, 11) is 0. The van der Waals surface area contributed by atoms with Crippen LogP contribution in [-0.2, 0) is 0 Å². The van der Waals surface area contributed by atoms with Gasteiger partial charge in [0.1, 0.15) is 5.76 Å². The van der Waals surface area contributed by atoms with E-state index in [0.29, 0.717) is 5.65 Å². The summed E-state index contributed by atoms with van der Waals surface area (Å²) in [5.74, 6) is 0.657. The van der Waals surface area contributed by atoms with Gasteiger partial charge in [0.25, 0.3) is 0 Å². The number of nitrogens with one attached hydrogen (secondary N) is 1. The van der Waals surface area contributed by atoms with Crippen molar-refractivity contribution >= 4 is 11.2 Å². The molecule has 0 fully saturated rings. The molecule has 4 aromatic heterocycles. The third kappa shape index (κ3) is 2.89. The molecule has 1 N–H and O–H groups in total. The lowest BCUT2D eigenvalue weighted by Gasteiger charge is -2.21. The van der Waals surface area contributed by atoms with Crippen LogP contribution in [0.2, 0.25) is 0 Å². The van der Waals surface area contributed by atoms with Gasteiger partial charge in [-0.2, -0.15) is 0 Å². The van der Waals surface area contributed by atoms with Crippen LogP contribution in [0.15, 0.2) is 71.8 Å². The first-order valence-corrected chi connectivity index (χ1v) is 9.45. The molecule has 5 aromatic rings. The Kier molecular flexibility index (Phi) is 4.17. The highest BCUT2D eigenvalue weighted by atomic mass is 16.5. The second-order valence-corrected chi connectivity index (χ2v) is 6.98. The van der Waals surface area contributed by atoms with E-state index in [1.165, 1.54) is 0 Å². The van der Waals surface area contributed by atoms with Crippen LogP contribution in [0.5, 0.6) is 0 Å². The van der Waals surface area contributed by atoms with Gasteiger partial charge in [0, 0.05) is 29.1 Å². The number of aromatic nitrogens is 5. The number of H-pyrrole nitrogens is 1. The van der Waals surface area contributed by atoms with Crippen molar-refractivity contribution in [3.63, 3.8) is 0 Å². The number of hydrogen-bond acceptors (Lipinski definition) is 5. The van der Waals surface area contributed by atoms with Crippen molar-refractivity contribution in [3.05, 3.63) is 95.5 Å². The van der Waals surface area contributed by atoms with Crippen LogP contribution in [0.4, 0.5) is 0 Å². The number of imidazole rings is 1. The highest BCUT2D eigenvalue weighted by Gasteiger charge is 2.27. The molecule has 1 atom stereocenters. The van der Waals surface area contributed by atoms with Crippen molar-refractivity contribution in [2.75, 3.05) is 0 Å². The van der Waals surface area contributed by atoms with Crippen LogP contribution in [0.3, 0.4) is 0 Å². The van der Waals surface area contributed by atoms with E-state index >= 15 is 0 Å². The van der Waals surface area contributed by atoms with Crippen molar-refractivity contribution in [1.29, 1.82) is 0 Å². The maximum absolute atomic E-state index is 5.47. The van der Waals surface area contributed by atoms with Crippen LogP contribution >= 0.6 is 0 Å². The summed E-state index contributed by atoms with van der Waals surface area (Å²) in [4.78, 5) is 17.0. The SMILES string of the molecule is Cc1noc(C)c1-c1cnc2nc[nH]c2c1C(c1ccccc1)c1ccccn1. The van der Waals surface area contributed by atoms with Crippen molar-refractivity contribution in [3.8, 4) is 11.1 Å². The lowest BCUT2D eigenvalue weighted by Crippen LogP contribution is -2.09. The highest BCUT2D eigenvalue weighted by Crippen LogP contribution is 2.41. The molecule has 1 aromatic carbocycles. The van der Waals surface area contributed by atoms with Crippen LogP contribution < -0.4 is 0 Å². The summed E-state index contributed by atoms with van der Waals surface area (Å²) in [6.45, 7) is 3.87. The molecule has 1 unspecified atom stereocenters. The van der Waals surface area contributed by atoms with Crippen LogP contribution in [0.1, 0.15) is 34.2 Å². The van der Waals surface area contributed by atoms with Gasteiger partial charge in [0.15, 0.2) is 5.65 Å². The van der Waals surface area contributed by atoms with Crippen LogP contribution in [0, 0.1) is 13.8 Å². The number of benzene rings is 1. The molecular weight excluding hydrogens is 362 g/mol. The van der Waals surface area contributed by atoms with Crippen molar-refractivity contribution in [2.45, 2.75) is 19.8 Å². The maximum Gasteiger partial charge on any atom is 0.177 e. The third-order valence-corrected chi connectivity index (χ3v) is 5.20. The molecule has 6 heteroatoms. The Labute approximate surface area is 167 Å². The zero-order valence-corrected chi connectivity index (χ0v) is 16.1. The Morgan fingerprint density at radius 2 is 1.76 bits per heavy atom. The Balaban J connectivity index is 1.88. The molecular formula is C23H19N5O. The van der Waals surface area contributed by atoms with E-state index in [-0.39, 0.29) is 5.92 Å². The van der Waals surface area contributed by atoms with Gasteiger partial charge >= 0.3 is 0 Å². The smallest absolute Gasteiger partial charge is 0.177 e. The average molecular weight is 381 g/mol. The van der Waals surface area contributed by atoms with E-state index < -0.39 is 0 Å². The predicted molar refractivity (Wildman–Crippen MR) is 110 cm³/mol. The first-order valence-electron chi connectivity index (χ1n) is 9.45. The molecule has 29 heavy (non-hydrogen) atoms. The number of nitrogens with zero attached hydrogens (tertiary/aromatic N) is 4. The van der Waals surface area contributed by atoms with Gasteiger partial charge in [0.05, 0.1) is 29.1 Å². The predicted octanol–water partition coefficient (Wildman–Crippen LogP) is 4.80. The van der Waals surface area contributed by atoms with Gasteiger partial charge in [-0.25, -0.2) is 9.97 Å². The molecule has 142 valence electrons. The number of aryl methyl sites for hydroxylation is 2. The fourth-order valence-corrected chi connectivity index (χ4v) is 3.96. The molecule has 5 rings (SSSR count). The Hall–Kier alpha value is -3.80. The van der Waals surface area contributed by atoms with Gasteiger partial charge in [-0.15, -0.1) is 0 Å². The van der Waals surface area contributed by atoms with Crippen molar-refractivity contribution in [2.24, 2.45) is 0 Å². The van der Waals surface area contributed by atoms with Gasteiger partial charge in [-0.05, 0) is 31.5 Å². The quantitative estimate of drug-likeness (QED) is 0.483. The summed E-state index contributed by atoms with van der Waals surface area (Å²) < 4.78 is 5.47. The van der Waals surface area contributed by atoms with E-state index in [4.69, 9.17) is 9.51 Å². The number of rotatable bonds is 4. The van der Waals surface area contributed by atoms with E-state index in [9.17, 15) is 0 Å². The highest BCUT2D eigenvalue weighted by molar-refractivity contribution is 5.86. The lowest BCUT2D eigenvalue weighted by atomic mass is 9.83. The van der Waals surface area contributed by atoms with E-state index in [1.54, 1.807) is 6.33 Å². The summed E-state index contributed by atoms with van der Waals surface area (Å²) in [6.07, 6.45) is 5.37. The molecule has 0 radical (unpaired) electrons. The standard InChI is InChI=1S/C23H19N5O/c1-14-19(15(2)29-28-14)17-12-25-23-22(26-13-27-23)21(17)20(16-8-4-3-5-9-16)18-10-6-7-11-24-18/h3-13,20H,1-2H3,(H,25,26,27). The van der Waals surface area contributed by atoms with Crippen LogP contribution in [-0.4, -0.2) is 25.1 Å². The molecule has 4 heterocycles. The van der Waals surface area contributed by atoms with Gasteiger partial charge in [-0.3, -0.25) is 4.98 Å². The van der Waals surface area contributed by atoms with Gasteiger partial charge < -0.3 is 9.51 Å². The molecule has 0 aliphatic heterocycles. The second kappa shape index (κ2) is 6.98. The van der Waals surface area contributed by atoms with Crippen molar-refractivity contribution < 1.29 is 4.52 Å². The minimum Gasteiger partial charge on any atom is -0.361 e. The normalized spacial score (nSPS) is 12.3. The topological polar surface area (TPSA) is 80.5 Å². The molecule has 6 nitrogen and oxygen atoms in total. The minimum atomic E-state index is -0.105.